The van der Waals surface area contributed by atoms with Gasteiger partial charge in [-0.15, -0.1) is 11.8 Å². The summed E-state index contributed by atoms with van der Waals surface area (Å²) in [6.45, 7) is 2.59. The Bertz CT molecular complexity index is 923. The molecule has 0 spiro atoms. The van der Waals surface area contributed by atoms with Crippen molar-refractivity contribution in [1.29, 1.82) is 0 Å². The van der Waals surface area contributed by atoms with Crippen LogP contribution in [0.1, 0.15) is 23.1 Å². The second-order valence-electron chi connectivity index (χ2n) is 6.55. The smallest absolute Gasteiger partial charge is 0.240 e. The van der Waals surface area contributed by atoms with Crippen molar-refractivity contribution in [2.24, 2.45) is 5.10 Å². The highest BCUT2D eigenvalue weighted by Gasteiger charge is 2.01. The van der Waals surface area contributed by atoms with Crippen LogP contribution in [0.15, 0.2) is 88.9 Å². The number of rotatable bonds is 9. The summed E-state index contributed by atoms with van der Waals surface area (Å²) in [5.41, 5.74) is 5.83. The van der Waals surface area contributed by atoms with Crippen molar-refractivity contribution in [2.45, 2.75) is 24.8 Å². The zero-order valence-electron chi connectivity index (χ0n) is 16.4. The molecule has 0 atom stereocenters. The van der Waals surface area contributed by atoms with E-state index in [0.29, 0.717) is 13.0 Å². The number of nitrogens with one attached hydrogen (secondary N) is 1. The summed E-state index contributed by atoms with van der Waals surface area (Å²) < 4.78 is 5.76. The maximum atomic E-state index is 11.9. The lowest BCUT2D eigenvalue weighted by molar-refractivity contribution is -0.120. The van der Waals surface area contributed by atoms with Crippen molar-refractivity contribution >= 4 is 23.9 Å². The summed E-state index contributed by atoms with van der Waals surface area (Å²) in [7, 11) is 0. The fraction of sp³-hybridized carbons (Fsp3) is 0.167. The molecule has 0 aromatic heterocycles. The Kier molecular flexibility index (Phi) is 7.90. The average molecular weight is 405 g/mol. The first-order valence-electron chi connectivity index (χ1n) is 9.47. The fourth-order valence-corrected chi connectivity index (χ4v) is 3.37. The van der Waals surface area contributed by atoms with Crippen LogP contribution >= 0.6 is 11.8 Å². The minimum atomic E-state index is -0.0938. The summed E-state index contributed by atoms with van der Waals surface area (Å²) in [4.78, 5) is 13.1. The molecule has 0 saturated heterocycles. The molecule has 5 heteroatoms. The van der Waals surface area contributed by atoms with Gasteiger partial charge in [0.2, 0.25) is 5.91 Å². The number of aryl methyl sites for hydroxylation is 1. The second kappa shape index (κ2) is 11.1. The third-order valence-electron chi connectivity index (χ3n) is 4.15. The maximum Gasteiger partial charge on any atom is 0.240 e. The third-order valence-corrected chi connectivity index (χ3v) is 5.16. The first-order valence-corrected chi connectivity index (χ1v) is 10.5. The molecule has 0 saturated carbocycles. The number of carbonyl (C=O) groups excluding carboxylic acids is 1. The Balaban J connectivity index is 1.37. The number of amides is 1. The van der Waals surface area contributed by atoms with Crippen molar-refractivity contribution in [2.75, 3.05) is 5.75 Å². The van der Waals surface area contributed by atoms with Gasteiger partial charge >= 0.3 is 0 Å². The van der Waals surface area contributed by atoms with Crippen molar-refractivity contribution in [1.82, 2.24) is 5.43 Å². The van der Waals surface area contributed by atoms with Crippen LogP contribution in [0.2, 0.25) is 0 Å². The molecule has 3 aromatic rings. The molecule has 0 bridgehead atoms. The first-order chi connectivity index (χ1) is 14.2. The van der Waals surface area contributed by atoms with E-state index < -0.39 is 0 Å². The lowest BCUT2D eigenvalue weighted by Crippen LogP contribution is -2.17. The molecule has 4 nitrogen and oxygen atoms in total. The highest BCUT2D eigenvalue weighted by atomic mass is 32.2. The van der Waals surface area contributed by atoms with Gasteiger partial charge < -0.3 is 4.74 Å². The number of nitrogens with zero attached hydrogens (tertiary/aromatic N) is 1. The molecule has 0 heterocycles. The molecule has 3 rings (SSSR count). The number of carbonyl (C=O) groups is 1. The largest absolute Gasteiger partial charge is 0.489 e. The highest BCUT2D eigenvalue weighted by molar-refractivity contribution is 7.99. The van der Waals surface area contributed by atoms with Gasteiger partial charge in [-0.1, -0.05) is 48.0 Å². The topological polar surface area (TPSA) is 50.7 Å². The second-order valence-corrected chi connectivity index (χ2v) is 7.72. The zero-order valence-corrected chi connectivity index (χ0v) is 17.2. The minimum Gasteiger partial charge on any atom is -0.489 e. The van der Waals surface area contributed by atoms with E-state index in [1.54, 1.807) is 18.0 Å². The van der Waals surface area contributed by atoms with Crippen LogP contribution in [0.25, 0.3) is 0 Å². The van der Waals surface area contributed by atoms with E-state index in [1.807, 2.05) is 54.6 Å². The van der Waals surface area contributed by atoms with E-state index >= 15 is 0 Å². The summed E-state index contributed by atoms with van der Waals surface area (Å²) in [5.74, 6) is 1.42. The zero-order chi connectivity index (χ0) is 20.3. The van der Waals surface area contributed by atoms with Crippen molar-refractivity contribution in [3.05, 3.63) is 95.6 Å². The molecule has 0 aliphatic carbocycles. The van der Waals surface area contributed by atoms with E-state index in [9.17, 15) is 4.79 Å². The standard InChI is InChI=1S/C24H24N2O2S/c1-19-7-13-23(14-8-19)29-16-15-24(27)26-25-17-20-9-11-22(12-10-20)28-18-21-5-3-2-4-6-21/h2-14,17H,15-16,18H2,1H3,(H,26,27)/b25-17-. The van der Waals surface area contributed by atoms with Gasteiger partial charge in [0, 0.05) is 17.1 Å². The maximum absolute atomic E-state index is 11.9. The lowest BCUT2D eigenvalue weighted by atomic mass is 10.2. The van der Waals surface area contributed by atoms with Crippen LogP contribution in [-0.2, 0) is 11.4 Å². The molecule has 0 radical (unpaired) electrons. The minimum absolute atomic E-state index is 0.0938. The molecular formula is C24H24N2O2S. The van der Waals surface area contributed by atoms with E-state index in [0.717, 1.165) is 22.6 Å². The normalized spacial score (nSPS) is 10.8. The van der Waals surface area contributed by atoms with Crippen molar-refractivity contribution in [3.8, 4) is 5.75 Å². The number of hydrogen-bond acceptors (Lipinski definition) is 4. The molecule has 0 aliphatic heterocycles. The highest BCUT2D eigenvalue weighted by Crippen LogP contribution is 2.19. The Hall–Kier alpha value is -3.05. The summed E-state index contributed by atoms with van der Waals surface area (Å²) in [6.07, 6.45) is 2.05. The van der Waals surface area contributed by atoms with Gasteiger partial charge in [-0.05, 0) is 54.4 Å². The molecule has 3 aromatic carbocycles. The molecule has 0 unspecified atom stereocenters. The van der Waals surface area contributed by atoms with Crippen LogP contribution in [0, 0.1) is 6.92 Å². The molecular weight excluding hydrogens is 380 g/mol. The number of hydrazone groups is 1. The quantitative estimate of drug-likeness (QED) is 0.303. The molecule has 29 heavy (non-hydrogen) atoms. The molecule has 148 valence electrons. The average Bonchev–Trinajstić information content (AvgIpc) is 2.75. The number of benzene rings is 3. The summed E-state index contributed by atoms with van der Waals surface area (Å²) in [6, 6.07) is 25.9. The van der Waals surface area contributed by atoms with E-state index in [2.05, 4.69) is 41.7 Å². The Labute approximate surface area is 176 Å². The molecule has 0 fully saturated rings. The molecule has 0 aliphatic rings. The van der Waals surface area contributed by atoms with Crippen molar-refractivity contribution in [3.63, 3.8) is 0 Å². The number of thioether (sulfide) groups is 1. The van der Waals surface area contributed by atoms with Crippen LogP contribution in [0.4, 0.5) is 0 Å². The third kappa shape index (κ3) is 7.47. The van der Waals surface area contributed by atoms with Gasteiger partial charge in [0.15, 0.2) is 0 Å². The van der Waals surface area contributed by atoms with Gasteiger partial charge in [-0.3, -0.25) is 4.79 Å². The fourth-order valence-electron chi connectivity index (χ4n) is 2.52. The van der Waals surface area contributed by atoms with Crippen LogP contribution in [-0.4, -0.2) is 17.9 Å². The van der Waals surface area contributed by atoms with Crippen LogP contribution in [0.3, 0.4) is 0 Å². The monoisotopic (exact) mass is 404 g/mol. The van der Waals surface area contributed by atoms with E-state index in [1.165, 1.54) is 10.5 Å². The van der Waals surface area contributed by atoms with Gasteiger partial charge in [-0.2, -0.15) is 5.10 Å². The van der Waals surface area contributed by atoms with Crippen molar-refractivity contribution < 1.29 is 9.53 Å². The Morgan fingerprint density at radius 1 is 1.00 bits per heavy atom. The lowest BCUT2D eigenvalue weighted by Gasteiger charge is -2.06. The van der Waals surface area contributed by atoms with Crippen LogP contribution < -0.4 is 10.2 Å². The Morgan fingerprint density at radius 2 is 1.72 bits per heavy atom. The van der Waals surface area contributed by atoms with E-state index in [4.69, 9.17) is 4.74 Å². The first kappa shape index (κ1) is 20.7. The number of hydrogen-bond donors (Lipinski definition) is 1. The number of ether oxygens (including phenoxy) is 1. The predicted octanol–water partition coefficient (Wildman–Crippen LogP) is 5.21. The molecule has 1 amide bonds. The molecule has 1 N–H and O–H groups in total. The van der Waals surface area contributed by atoms with Gasteiger partial charge in [-0.25, -0.2) is 5.43 Å². The van der Waals surface area contributed by atoms with Gasteiger partial charge in [0.05, 0.1) is 6.21 Å². The summed E-state index contributed by atoms with van der Waals surface area (Å²) in [5, 5.41) is 4.03. The summed E-state index contributed by atoms with van der Waals surface area (Å²) >= 11 is 1.67. The SMILES string of the molecule is Cc1ccc(SCCC(=O)N/N=C\c2ccc(OCc3ccccc3)cc2)cc1. The van der Waals surface area contributed by atoms with Crippen LogP contribution in [0.5, 0.6) is 5.75 Å². The Morgan fingerprint density at radius 3 is 2.45 bits per heavy atom. The van der Waals surface area contributed by atoms with Gasteiger partial charge in [0.1, 0.15) is 12.4 Å². The van der Waals surface area contributed by atoms with Gasteiger partial charge in [0.25, 0.3) is 0 Å². The van der Waals surface area contributed by atoms with E-state index in [-0.39, 0.29) is 5.91 Å². The predicted molar refractivity (Wildman–Crippen MR) is 119 cm³/mol.